The second-order valence-corrected chi connectivity index (χ2v) is 12.7. The molecular formula is C28H36O10. The molecule has 4 aliphatic rings. The highest BCUT2D eigenvalue weighted by molar-refractivity contribution is 5.93. The average Bonchev–Trinajstić information content (AvgIpc) is 3.37. The Morgan fingerprint density at radius 1 is 1.21 bits per heavy atom. The maximum absolute atomic E-state index is 14.3. The van der Waals surface area contributed by atoms with Crippen molar-refractivity contribution in [1.29, 1.82) is 0 Å². The highest BCUT2D eigenvalue weighted by atomic mass is 16.7. The van der Waals surface area contributed by atoms with Crippen LogP contribution in [0.25, 0.3) is 0 Å². The maximum atomic E-state index is 14.3. The summed E-state index contributed by atoms with van der Waals surface area (Å²) in [6, 6.07) is 1.73. The van der Waals surface area contributed by atoms with E-state index in [4.69, 9.17) is 18.6 Å². The zero-order valence-electron chi connectivity index (χ0n) is 22.6. The van der Waals surface area contributed by atoms with E-state index in [1.165, 1.54) is 19.5 Å². The van der Waals surface area contributed by atoms with Crippen molar-refractivity contribution in [2.24, 2.45) is 28.1 Å². The fraction of sp³-hybridized carbons (Fsp3) is 0.714. The molecule has 0 radical (unpaired) electrons. The predicted octanol–water partition coefficient (Wildman–Crippen LogP) is 3.21. The number of furan rings is 1. The van der Waals surface area contributed by atoms with Crippen LogP contribution in [0.4, 0.5) is 0 Å². The van der Waals surface area contributed by atoms with E-state index in [1.54, 1.807) is 26.8 Å². The summed E-state index contributed by atoms with van der Waals surface area (Å²) in [5.74, 6) is -3.82. The van der Waals surface area contributed by atoms with Gasteiger partial charge in [0.25, 0.3) is 0 Å². The van der Waals surface area contributed by atoms with E-state index in [1.807, 2.05) is 13.8 Å². The van der Waals surface area contributed by atoms with Crippen LogP contribution in [0.5, 0.6) is 0 Å². The van der Waals surface area contributed by atoms with Gasteiger partial charge < -0.3 is 28.8 Å². The van der Waals surface area contributed by atoms with E-state index < -0.39 is 81.9 Å². The van der Waals surface area contributed by atoms with Crippen molar-refractivity contribution in [2.75, 3.05) is 0 Å². The van der Waals surface area contributed by atoms with Crippen LogP contribution in [0, 0.1) is 28.1 Å². The van der Waals surface area contributed by atoms with Crippen LogP contribution in [0.15, 0.2) is 23.0 Å². The first-order chi connectivity index (χ1) is 17.5. The smallest absolute Gasteiger partial charge is 0.339 e. The molecule has 1 aromatic rings. The summed E-state index contributed by atoms with van der Waals surface area (Å²) in [6.45, 7) is 9.97. The summed E-state index contributed by atoms with van der Waals surface area (Å²) in [5, 5.41) is 21.1. The molecule has 5 rings (SSSR count). The molecule has 2 aliphatic heterocycles. The Balaban J connectivity index is 1.70. The van der Waals surface area contributed by atoms with Gasteiger partial charge in [-0.2, -0.15) is 0 Å². The van der Waals surface area contributed by atoms with Crippen molar-refractivity contribution < 1.29 is 48.0 Å². The van der Waals surface area contributed by atoms with E-state index in [0.717, 1.165) is 0 Å². The van der Waals surface area contributed by atoms with Crippen molar-refractivity contribution in [3.8, 4) is 0 Å². The van der Waals surface area contributed by atoms with Crippen molar-refractivity contribution >= 4 is 23.7 Å². The van der Waals surface area contributed by atoms with Gasteiger partial charge in [0, 0.05) is 35.7 Å². The van der Waals surface area contributed by atoms with Gasteiger partial charge in [-0.1, -0.05) is 13.8 Å². The lowest BCUT2D eigenvalue weighted by molar-refractivity contribution is -0.240. The molecular weight excluding hydrogens is 496 g/mol. The molecule has 38 heavy (non-hydrogen) atoms. The minimum Gasteiger partial charge on any atom is -0.481 e. The van der Waals surface area contributed by atoms with Crippen LogP contribution < -0.4 is 0 Å². The van der Waals surface area contributed by atoms with Crippen LogP contribution in [0.3, 0.4) is 0 Å². The molecule has 2 N–H and O–H groups in total. The molecule has 0 amide bonds. The van der Waals surface area contributed by atoms with E-state index in [0.29, 0.717) is 18.4 Å². The Labute approximate surface area is 221 Å². The topological polar surface area (TPSA) is 153 Å². The van der Waals surface area contributed by atoms with Crippen molar-refractivity contribution in [3.63, 3.8) is 0 Å². The summed E-state index contributed by atoms with van der Waals surface area (Å²) < 4.78 is 23.1. The molecule has 10 heteroatoms. The minimum absolute atomic E-state index is 0.0935. The number of Topliss-reactive ketones (excluding diaryl/α,β-unsaturated/α-hetero) is 1. The molecule has 3 heterocycles. The van der Waals surface area contributed by atoms with E-state index in [-0.39, 0.29) is 12.2 Å². The van der Waals surface area contributed by atoms with Crippen LogP contribution in [-0.4, -0.2) is 57.3 Å². The molecule has 2 aliphatic carbocycles. The Kier molecular flexibility index (Phi) is 5.76. The summed E-state index contributed by atoms with van der Waals surface area (Å²) in [5.41, 5.74) is -5.12. The number of esters is 2. The molecule has 0 bridgehead atoms. The number of carboxylic acid groups (broad SMARTS) is 1. The van der Waals surface area contributed by atoms with Gasteiger partial charge >= 0.3 is 17.9 Å². The third-order valence-electron chi connectivity index (χ3n) is 10.4. The number of ether oxygens (including phenoxy) is 3. The van der Waals surface area contributed by atoms with Crippen LogP contribution >= 0.6 is 0 Å². The van der Waals surface area contributed by atoms with E-state index in [9.17, 15) is 29.4 Å². The predicted molar refractivity (Wildman–Crippen MR) is 129 cm³/mol. The molecule has 2 saturated carbocycles. The summed E-state index contributed by atoms with van der Waals surface area (Å²) in [4.78, 5) is 51.7. The Morgan fingerprint density at radius 2 is 1.89 bits per heavy atom. The van der Waals surface area contributed by atoms with Gasteiger partial charge in [0.15, 0.2) is 6.10 Å². The lowest BCUT2D eigenvalue weighted by atomic mass is 9.37. The highest BCUT2D eigenvalue weighted by Crippen LogP contribution is 2.78. The number of carbonyl (C=O) groups excluding carboxylic acids is 3. The van der Waals surface area contributed by atoms with Gasteiger partial charge in [-0.05, 0) is 45.6 Å². The molecule has 0 unspecified atom stereocenters. The number of aliphatic carboxylic acids is 1. The van der Waals surface area contributed by atoms with Crippen LogP contribution in [0.1, 0.15) is 78.9 Å². The fourth-order valence-electron chi connectivity index (χ4n) is 8.86. The summed E-state index contributed by atoms with van der Waals surface area (Å²) in [6.07, 6.45) is 0.567. The largest absolute Gasteiger partial charge is 0.481 e. The summed E-state index contributed by atoms with van der Waals surface area (Å²) in [7, 11) is 0. The number of fused-ring (bicyclic) bond motifs is 1. The third kappa shape index (κ3) is 3.25. The number of aliphatic hydroxyl groups is 1. The number of carboxylic acids is 1. The first-order valence-electron chi connectivity index (χ1n) is 13.1. The van der Waals surface area contributed by atoms with Gasteiger partial charge in [-0.25, -0.2) is 4.79 Å². The van der Waals surface area contributed by atoms with Crippen molar-refractivity contribution in [2.45, 2.75) is 96.7 Å². The number of carbonyl (C=O) groups is 4. The summed E-state index contributed by atoms with van der Waals surface area (Å²) >= 11 is 0. The molecule has 2 saturated heterocycles. The lowest BCUT2D eigenvalue weighted by Crippen LogP contribution is -2.73. The number of hydrogen-bond donors (Lipinski definition) is 2. The number of cyclic esters (lactones) is 1. The van der Waals surface area contributed by atoms with Crippen LogP contribution in [0.2, 0.25) is 0 Å². The quantitative estimate of drug-likeness (QED) is 0.412. The average molecular weight is 533 g/mol. The van der Waals surface area contributed by atoms with Crippen LogP contribution in [-0.2, 0) is 33.4 Å². The van der Waals surface area contributed by atoms with E-state index >= 15 is 0 Å². The Bertz CT molecular complexity index is 1170. The van der Waals surface area contributed by atoms with Gasteiger partial charge in [0.05, 0.1) is 30.0 Å². The monoisotopic (exact) mass is 532 g/mol. The first kappa shape index (κ1) is 26.9. The lowest BCUT2D eigenvalue weighted by Gasteiger charge is -2.66. The highest BCUT2D eigenvalue weighted by Gasteiger charge is 2.88. The normalized spacial score (nSPS) is 42.7. The SMILES string of the molecule is CC(=O)O[C@@H](CC(=O)O)[C@]1(C)[C@H]2CC[C@@]3(C)[C@H](c4ccoc4)OC(=O)[C@H]4O[C@]43[C@]2(C)C(=O)C[C@H]1C(C)(C)O. The van der Waals surface area contributed by atoms with E-state index in [2.05, 4.69) is 0 Å². The number of epoxide rings is 1. The number of rotatable bonds is 6. The molecule has 10 nitrogen and oxygen atoms in total. The second-order valence-electron chi connectivity index (χ2n) is 12.7. The third-order valence-corrected chi connectivity index (χ3v) is 10.4. The molecule has 4 fully saturated rings. The zero-order chi connectivity index (χ0) is 28.1. The van der Waals surface area contributed by atoms with Gasteiger partial charge in [-0.3, -0.25) is 14.4 Å². The molecule has 0 aromatic carbocycles. The number of ketones is 1. The molecule has 208 valence electrons. The maximum Gasteiger partial charge on any atom is 0.339 e. The van der Waals surface area contributed by atoms with Gasteiger partial charge in [0.1, 0.15) is 23.6 Å². The fourth-order valence-corrected chi connectivity index (χ4v) is 8.86. The molecule has 9 atom stereocenters. The van der Waals surface area contributed by atoms with Gasteiger partial charge in [-0.15, -0.1) is 0 Å². The molecule has 1 aromatic heterocycles. The second kappa shape index (κ2) is 8.14. The van der Waals surface area contributed by atoms with Crippen molar-refractivity contribution in [3.05, 3.63) is 24.2 Å². The Morgan fingerprint density at radius 3 is 2.45 bits per heavy atom. The minimum atomic E-state index is -1.39. The van der Waals surface area contributed by atoms with Crippen molar-refractivity contribution in [1.82, 2.24) is 0 Å². The number of hydrogen-bond acceptors (Lipinski definition) is 9. The molecule has 1 spiro atoms. The zero-order valence-corrected chi connectivity index (χ0v) is 22.6. The standard InChI is InChI=1S/C28H36O10/c1-14(29)36-19(12-20(31)32)26(5)16-7-9-25(4)21(15-8-10-35-13-15)37-23(33)22-28(25,38-22)27(16,6)18(30)11-17(26)24(2,3)34/h8,10,13,16-17,19,21-22,34H,7,9,11-12H2,1-6H3,(H,31,32)/t16-,17+,19+,21+,22-,25+,26-,27+,28-/m1/s1. The Hall–Kier alpha value is -2.72. The van der Waals surface area contributed by atoms with Gasteiger partial charge in [0.2, 0.25) is 0 Å². The first-order valence-corrected chi connectivity index (χ1v) is 13.1.